The van der Waals surface area contributed by atoms with Crippen LogP contribution in [-0.4, -0.2) is 30.1 Å². The Bertz CT molecular complexity index is 207. The molecule has 1 saturated heterocycles. The zero-order valence-corrected chi connectivity index (χ0v) is 6.63. The molecule has 0 aromatic rings. The van der Waals surface area contributed by atoms with Gasteiger partial charge in [-0.3, -0.25) is 4.90 Å². The summed E-state index contributed by atoms with van der Waals surface area (Å²) in [6.45, 7) is 0.706. The van der Waals surface area contributed by atoms with Gasteiger partial charge in [-0.25, -0.2) is 14.3 Å². The first kappa shape index (κ1) is 8.04. The summed E-state index contributed by atoms with van der Waals surface area (Å²) >= 11 is 0. The highest BCUT2D eigenvalue weighted by molar-refractivity contribution is 5.01. The minimum absolute atomic E-state index is 0.0286. The topological polar surface area (TPSA) is 39.5 Å². The number of nitrogens with zero attached hydrogens (tertiary/aromatic N) is 2. The maximum absolute atomic E-state index is 12.9. The molecule has 3 nitrogen and oxygen atoms in total. The highest BCUT2D eigenvalue weighted by atomic mass is 19.3. The second-order valence-electron chi connectivity index (χ2n) is 3.62. The van der Waals surface area contributed by atoms with Gasteiger partial charge in [0.2, 0.25) is 0 Å². The molecule has 1 aliphatic carbocycles. The van der Waals surface area contributed by atoms with Crippen molar-refractivity contribution in [2.75, 3.05) is 13.2 Å². The number of hydrogen-bond donors (Lipinski definition) is 1. The molecule has 2 rings (SSSR count). The molecule has 5 heteroatoms. The predicted molar refractivity (Wildman–Crippen MR) is 38.2 cm³/mol. The quantitative estimate of drug-likeness (QED) is 0.637. The van der Waals surface area contributed by atoms with Crippen molar-refractivity contribution in [2.24, 2.45) is 11.0 Å². The van der Waals surface area contributed by atoms with Gasteiger partial charge >= 0.3 is 0 Å². The molecule has 2 unspecified atom stereocenters. The number of rotatable bonds is 2. The summed E-state index contributed by atoms with van der Waals surface area (Å²) < 4.78 is 25.9. The maximum atomic E-state index is 12.9. The average molecular weight is 175 g/mol. The average Bonchev–Trinajstić information content (AvgIpc) is 2.44. The van der Waals surface area contributed by atoms with E-state index < -0.39 is 11.8 Å². The molecule has 12 heavy (non-hydrogen) atoms. The number of nitrogens with one attached hydrogen (secondary N) is 1. The summed E-state index contributed by atoms with van der Waals surface area (Å²) in [4.78, 5) is 1.87. The van der Waals surface area contributed by atoms with Crippen LogP contribution in [0.4, 0.5) is 8.78 Å². The van der Waals surface area contributed by atoms with E-state index in [1.165, 1.54) is 0 Å². The Morgan fingerprint density at radius 2 is 2.33 bits per heavy atom. The van der Waals surface area contributed by atoms with Crippen molar-refractivity contribution < 1.29 is 8.78 Å². The Morgan fingerprint density at radius 1 is 1.58 bits per heavy atom. The largest absolute Gasteiger partial charge is 0.279 e. The third-order valence-electron chi connectivity index (χ3n) is 2.89. The summed E-state index contributed by atoms with van der Waals surface area (Å²) in [6, 6.07) is -0.0286. The van der Waals surface area contributed by atoms with Gasteiger partial charge in [-0.1, -0.05) is 0 Å². The molecule has 0 aromatic heterocycles. The van der Waals surface area contributed by atoms with Gasteiger partial charge in [0.05, 0.1) is 0 Å². The summed E-state index contributed by atoms with van der Waals surface area (Å²) in [7, 11) is 0. The van der Waals surface area contributed by atoms with E-state index in [4.69, 9.17) is 5.53 Å². The van der Waals surface area contributed by atoms with E-state index in [1.807, 2.05) is 4.90 Å². The first-order valence-corrected chi connectivity index (χ1v) is 4.08. The highest BCUT2D eigenvalue weighted by Gasteiger charge is 2.55. The lowest BCUT2D eigenvalue weighted by Gasteiger charge is -2.29. The molecule has 1 heterocycles. The van der Waals surface area contributed by atoms with Gasteiger partial charge in [-0.05, 0) is 6.42 Å². The van der Waals surface area contributed by atoms with Crippen molar-refractivity contribution in [3.8, 4) is 0 Å². The Kier molecular flexibility index (Phi) is 1.64. The SMILES string of the molecule is N=NCN1CC2CC1CC2(F)F. The molecule has 2 atom stereocenters. The maximum Gasteiger partial charge on any atom is 0.253 e. The Labute approximate surface area is 69.2 Å². The molecule has 1 N–H and O–H groups in total. The van der Waals surface area contributed by atoms with Crippen LogP contribution in [0.25, 0.3) is 0 Å². The number of fused-ring (bicyclic) bond motifs is 2. The molecule has 0 spiro atoms. The zero-order valence-electron chi connectivity index (χ0n) is 6.63. The van der Waals surface area contributed by atoms with Gasteiger partial charge in [-0.15, -0.1) is 0 Å². The van der Waals surface area contributed by atoms with Crippen molar-refractivity contribution in [3.63, 3.8) is 0 Å². The second-order valence-corrected chi connectivity index (χ2v) is 3.62. The fourth-order valence-electron chi connectivity index (χ4n) is 2.25. The van der Waals surface area contributed by atoms with E-state index >= 15 is 0 Å². The van der Waals surface area contributed by atoms with E-state index in [2.05, 4.69) is 5.11 Å². The van der Waals surface area contributed by atoms with Crippen LogP contribution >= 0.6 is 0 Å². The second kappa shape index (κ2) is 2.45. The third-order valence-corrected chi connectivity index (χ3v) is 2.89. The number of piperidine rings is 1. The molecule has 68 valence electrons. The molecule has 1 saturated carbocycles. The smallest absolute Gasteiger partial charge is 0.253 e. The van der Waals surface area contributed by atoms with Crippen molar-refractivity contribution in [1.29, 1.82) is 5.53 Å². The summed E-state index contributed by atoms with van der Waals surface area (Å²) in [5.74, 6) is -2.94. The standard InChI is InChI=1S/C7H11F2N3/c8-7(9)2-6-1-5(7)3-12(6)4-11-10/h5-6,10H,1-4H2. The first-order chi connectivity index (χ1) is 5.63. The van der Waals surface area contributed by atoms with Crippen LogP contribution in [0.2, 0.25) is 0 Å². The lowest BCUT2D eigenvalue weighted by Crippen LogP contribution is -2.40. The molecule has 1 aliphatic heterocycles. The van der Waals surface area contributed by atoms with Crippen LogP contribution in [0.1, 0.15) is 12.8 Å². The third kappa shape index (κ3) is 1.03. The van der Waals surface area contributed by atoms with Crippen molar-refractivity contribution in [2.45, 2.75) is 24.8 Å². The molecule has 0 radical (unpaired) electrons. The lowest BCUT2D eigenvalue weighted by molar-refractivity contribution is -0.0670. The van der Waals surface area contributed by atoms with Gasteiger partial charge in [0.25, 0.3) is 5.92 Å². The van der Waals surface area contributed by atoms with Crippen LogP contribution < -0.4 is 0 Å². The molecule has 2 fully saturated rings. The van der Waals surface area contributed by atoms with Gasteiger partial charge in [-0.2, -0.15) is 5.11 Å². The van der Waals surface area contributed by atoms with Crippen LogP contribution in [0.3, 0.4) is 0 Å². The van der Waals surface area contributed by atoms with E-state index in [0.717, 1.165) is 0 Å². The highest BCUT2D eigenvalue weighted by Crippen LogP contribution is 2.47. The fraction of sp³-hybridized carbons (Fsp3) is 1.00. The van der Waals surface area contributed by atoms with Crippen molar-refractivity contribution >= 4 is 0 Å². The molecule has 2 bridgehead atoms. The summed E-state index contributed by atoms with van der Waals surface area (Å²) in [5, 5.41) is 3.22. The normalized spacial score (nSPS) is 38.8. The number of alkyl halides is 2. The Morgan fingerprint density at radius 3 is 2.75 bits per heavy atom. The lowest BCUT2D eigenvalue weighted by atomic mass is 10.1. The van der Waals surface area contributed by atoms with Gasteiger partial charge in [0.1, 0.15) is 6.67 Å². The predicted octanol–water partition coefficient (Wildman–Crippen LogP) is 1.70. The molecule has 0 aromatic carbocycles. The van der Waals surface area contributed by atoms with Crippen LogP contribution in [0.5, 0.6) is 0 Å². The van der Waals surface area contributed by atoms with Gasteiger partial charge in [0.15, 0.2) is 0 Å². The van der Waals surface area contributed by atoms with Crippen molar-refractivity contribution in [1.82, 2.24) is 4.90 Å². The zero-order chi connectivity index (χ0) is 8.77. The number of likely N-dealkylation sites (tertiary alicyclic amines) is 1. The first-order valence-electron chi connectivity index (χ1n) is 4.08. The fourth-order valence-corrected chi connectivity index (χ4v) is 2.25. The minimum Gasteiger partial charge on any atom is -0.279 e. The summed E-state index contributed by atoms with van der Waals surface area (Å²) in [5.41, 5.74) is 6.64. The number of halogens is 2. The monoisotopic (exact) mass is 175 g/mol. The van der Waals surface area contributed by atoms with Crippen LogP contribution in [0, 0.1) is 11.4 Å². The van der Waals surface area contributed by atoms with E-state index in [0.29, 0.717) is 13.0 Å². The van der Waals surface area contributed by atoms with E-state index in [-0.39, 0.29) is 19.1 Å². The van der Waals surface area contributed by atoms with Gasteiger partial charge < -0.3 is 0 Å². The molecule has 0 amide bonds. The van der Waals surface area contributed by atoms with Crippen LogP contribution in [0.15, 0.2) is 5.11 Å². The molecule has 2 aliphatic rings. The van der Waals surface area contributed by atoms with Crippen LogP contribution in [-0.2, 0) is 0 Å². The van der Waals surface area contributed by atoms with Crippen molar-refractivity contribution in [3.05, 3.63) is 0 Å². The Hall–Kier alpha value is -0.580. The number of hydrogen-bond acceptors (Lipinski definition) is 3. The van der Waals surface area contributed by atoms with E-state index in [1.54, 1.807) is 0 Å². The molecular weight excluding hydrogens is 164 g/mol. The molecular formula is C7H11F2N3. The van der Waals surface area contributed by atoms with E-state index in [9.17, 15) is 8.78 Å². The minimum atomic E-state index is -2.46. The van der Waals surface area contributed by atoms with Gasteiger partial charge in [0, 0.05) is 24.9 Å². The Balaban J connectivity index is 2.03. The summed E-state index contributed by atoms with van der Waals surface area (Å²) in [6.07, 6.45) is 0.551.